The monoisotopic (exact) mass is 269 g/mol. The molecule has 0 aliphatic heterocycles. The summed E-state index contributed by atoms with van der Waals surface area (Å²) in [5, 5.41) is 7.10. The number of benzene rings is 1. The molecule has 0 spiro atoms. The Kier molecular flexibility index (Phi) is 4.44. The van der Waals surface area contributed by atoms with E-state index in [4.69, 9.17) is 11.6 Å². The van der Waals surface area contributed by atoms with Gasteiger partial charge in [0.1, 0.15) is 6.20 Å². The third-order valence-corrected chi connectivity index (χ3v) is 3.62. The average molecular weight is 270 g/mol. The van der Waals surface area contributed by atoms with Crippen molar-refractivity contribution in [3.05, 3.63) is 47.2 Å². The minimum Gasteiger partial charge on any atom is -0.593 e. The first kappa shape index (κ1) is 12.4. The van der Waals surface area contributed by atoms with E-state index in [-0.39, 0.29) is 0 Å². The Morgan fingerprint density at radius 1 is 1.35 bits per heavy atom. The van der Waals surface area contributed by atoms with E-state index < -0.39 is 11.4 Å². The second kappa shape index (κ2) is 6.07. The summed E-state index contributed by atoms with van der Waals surface area (Å²) >= 11 is 4.59. The van der Waals surface area contributed by atoms with Gasteiger partial charge < -0.3 is 4.55 Å². The molecule has 0 radical (unpaired) electrons. The highest BCUT2D eigenvalue weighted by molar-refractivity contribution is 7.89. The largest absolute Gasteiger partial charge is 0.593 e. The summed E-state index contributed by atoms with van der Waals surface area (Å²) in [5.41, 5.74) is 1.16. The van der Waals surface area contributed by atoms with Gasteiger partial charge in [-0.3, -0.25) is 5.10 Å². The lowest BCUT2D eigenvalue weighted by molar-refractivity contribution is 0.580. The van der Waals surface area contributed by atoms with Crippen molar-refractivity contribution in [3.8, 4) is 0 Å². The molecule has 2 aromatic rings. The maximum Gasteiger partial charge on any atom is 0.211 e. The highest BCUT2D eigenvalue weighted by Gasteiger charge is 2.11. The van der Waals surface area contributed by atoms with Crippen LogP contribution in [0, 0.1) is 0 Å². The van der Waals surface area contributed by atoms with Crippen LogP contribution in [0.1, 0.15) is 5.56 Å². The number of aromatic amines is 1. The second-order valence-electron chi connectivity index (χ2n) is 3.47. The zero-order valence-electron chi connectivity index (χ0n) is 9.02. The third kappa shape index (κ3) is 3.74. The first-order chi connectivity index (χ1) is 8.25. The highest BCUT2D eigenvalue weighted by atomic mass is 35.5. The van der Waals surface area contributed by atoms with Gasteiger partial charge in [0.05, 0.1) is 17.6 Å². The molecule has 1 unspecified atom stereocenters. The van der Waals surface area contributed by atoms with Crippen molar-refractivity contribution in [1.82, 2.24) is 14.9 Å². The van der Waals surface area contributed by atoms with Crippen LogP contribution in [0.25, 0.3) is 0 Å². The maximum absolute atomic E-state index is 11.7. The van der Waals surface area contributed by atoms with E-state index >= 15 is 0 Å². The standard InChI is InChI=1S/C11H12ClN3OS/c12-10-3-1-9(2-4-10)5-6-15-17(16)11-7-13-14-8-11/h1-4,7-8,15H,5-6H2,(H,13,14). The number of aromatic nitrogens is 2. The molecule has 1 aromatic carbocycles. The molecule has 6 heteroatoms. The van der Waals surface area contributed by atoms with Gasteiger partial charge in [0.2, 0.25) is 4.90 Å². The Morgan fingerprint density at radius 3 is 2.76 bits per heavy atom. The maximum atomic E-state index is 11.7. The van der Waals surface area contributed by atoms with Gasteiger partial charge in [0, 0.05) is 11.6 Å². The van der Waals surface area contributed by atoms with Crippen molar-refractivity contribution in [2.75, 3.05) is 6.54 Å². The number of nitrogens with one attached hydrogen (secondary N) is 2. The molecule has 0 saturated carbocycles. The lowest BCUT2D eigenvalue weighted by Gasteiger charge is -2.08. The van der Waals surface area contributed by atoms with Gasteiger partial charge in [0.15, 0.2) is 0 Å². The topological polar surface area (TPSA) is 63.8 Å². The molecular weight excluding hydrogens is 258 g/mol. The second-order valence-corrected chi connectivity index (χ2v) is 5.21. The first-order valence-electron chi connectivity index (χ1n) is 5.14. The van der Waals surface area contributed by atoms with E-state index in [0.717, 1.165) is 17.0 Å². The van der Waals surface area contributed by atoms with Crippen LogP contribution in [-0.4, -0.2) is 21.3 Å². The molecular formula is C11H12ClN3OS. The van der Waals surface area contributed by atoms with Gasteiger partial charge in [-0.15, -0.1) is 4.72 Å². The van der Waals surface area contributed by atoms with Crippen LogP contribution in [0.3, 0.4) is 0 Å². The number of rotatable bonds is 5. The summed E-state index contributed by atoms with van der Waals surface area (Å²) < 4.78 is 14.6. The molecule has 90 valence electrons. The minimum atomic E-state index is -1.20. The third-order valence-electron chi connectivity index (χ3n) is 2.25. The summed E-state index contributed by atoms with van der Waals surface area (Å²) in [6.45, 7) is 0.638. The summed E-state index contributed by atoms with van der Waals surface area (Å²) in [7, 11) is 0. The van der Waals surface area contributed by atoms with Crippen LogP contribution in [0.15, 0.2) is 41.6 Å². The molecule has 0 amide bonds. The predicted molar refractivity (Wildman–Crippen MR) is 68.2 cm³/mol. The molecule has 1 atom stereocenters. The lowest BCUT2D eigenvalue weighted by atomic mass is 10.2. The number of hydrogen-bond donors (Lipinski definition) is 2. The van der Waals surface area contributed by atoms with Crippen molar-refractivity contribution in [2.45, 2.75) is 11.3 Å². The van der Waals surface area contributed by atoms with Crippen molar-refractivity contribution in [2.24, 2.45) is 0 Å². The summed E-state index contributed by atoms with van der Waals surface area (Å²) in [6.07, 6.45) is 3.97. The normalized spacial score (nSPS) is 12.6. The van der Waals surface area contributed by atoms with Crippen LogP contribution in [-0.2, 0) is 17.8 Å². The van der Waals surface area contributed by atoms with Gasteiger partial charge in [-0.2, -0.15) is 5.10 Å². The fraction of sp³-hybridized carbons (Fsp3) is 0.182. The lowest BCUT2D eigenvalue weighted by Crippen LogP contribution is -2.25. The van der Waals surface area contributed by atoms with Crippen LogP contribution in [0.4, 0.5) is 0 Å². The Balaban J connectivity index is 1.78. The van der Waals surface area contributed by atoms with Gasteiger partial charge in [-0.1, -0.05) is 23.7 Å². The summed E-state index contributed by atoms with van der Waals surface area (Å²) in [6, 6.07) is 7.63. The van der Waals surface area contributed by atoms with Crippen LogP contribution in [0.2, 0.25) is 5.02 Å². The summed E-state index contributed by atoms with van der Waals surface area (Å²) in [5.74, 6) is 0. The van der Waals surface area contributed by atoms with Crippen LogP contribution >= 0.6 is 11.6 Å². The van der Waals surface area contributed by atoms with Crippen molar-refractivity contribution in [1.29, 1.82) is 0 Å². The van der Waals surface area contributed by atoms with E-state index in [9.17, 15) is 4.55 Å². The Bertz CT molecular complexity index is 446. The van der Waals surface area contributed by atoms with Crippen molar-refractivity contribution < 1.29 is 4.55 Å². The Labute approximate surface area is 108 Å². The average Bonchev–Trinajstić information content (AvgIpc) is 2.85. The number of hydrogen-bond acceptors (Lipinski definition) is 3. The number of halogens is 1. The fourth-order valence-corrected chi connectivity index (χ4v) is 2.25. The molecule has 0 aliphatic carbocycles. The van der Waals surface area contributed by atoms with Gasteiger partial charge >= 0.3 is 0 Å². The highest BCUT2D eigenvalue weighted by Crippen LogP contribution is 2.10. The molecule has 1 aromatic heterocycles. The zero-order valence-corrected chi connectivity index (χ0v) is 10.6. The fourth-order valence-electron chi connectivity index (χ4n) is 1.36. The molecule has 4 nitrogen and oxygen atoms in total. The van der Waals surface area contributed by atoms with E-state index in [1.54, 1.807) is 12.4 Å². The first-order valence-corrected chi connectivity index (χ1v) is 6.67. The van der Waals surface area contributed by atoms with E-state index in [1.165, 1.54) is 0 Å². The molecule has 17 heavy (non-hydrogen) atoms. The Morgan fingerprint density at radius 2 is 2.12 bits per heavy atom. The molecule has 0 bridgehead atoms. The molecule has 2 rings (SSSR count). The number of nitrogens with zero attached hydrogens (tertiary/aromatic N) is 1. The smallest absolute Gasteiger partial charge is 0.211 e. The molecule has 2 N–H and O–H groups in total. The number of H-pyrrole nitrogens is 1. The molecule has 0 fully saturated rings. The quantitative estimate of drug-likeness (QED) is 0.815. The summed E-state index contributed by atoms with van der Waals surface area (Å²) in [4.78, 5) is 0.654. The van der Waals surface area contributed by atoms with Crippen molar-refractivity contribution >= 4 is 23.0 Å². The van der Waals surface area contributed by atoms with Crippen LogP contribution < -0.4 is 4.72 Å². The SMILES string of the molecule is [O-][S+](NCCc1ccc(Cl)cc1)c1cn[nH]c1. The Hall–Kier alpha value is -1.01. The minimum absolute atomic E-state index is 0.638. The van der Waals surface area contributed by atoms with Gasteiger partial charge in [-0.05, 0) is 24.1 Å². The van der Waals surface area contributed by atoms with E-state index in [1.807, 2.05) is 24.3 Å². The van der Waals surface area contributed by atoms with Gasteiger partial charge in [0.25, 0.3) is 0 Å². The molecule has 0 saturated heterocycles. The van der Waals surface area contributed by atoms with E-state index in [0.29, 0.717) is 11.4 Å². The molecule has 1 heterocycles. The van der Waals surface area contributed by atoms with Gasteiger partial charge in [-0.25, -0.2) is 0 Å². The van der Waals surface area contributed by atoms with Crippen LogP contribution in [0.5, 0.6) is 0 Å². The van der Waals surface area contributed by atoms with Crippen molar-refractivity contribution in [3.63, 3.8) is 0 Å². The zero-order chi connectivity index (χ0) is 12.1. The van der Waals surface area contributed by atoms with E-state index in [2.05, 4.69) is 14.9 Å². The predicted octanol–water partition coefficient (Wildman–Crippen LogP) is 1.92. The molecule has 0 aliphatic rings.